The number of nitrogens with zero attached hydrogens (tertiary/aromatic N) is 1. The van der Waals surface area contributed by atoms with Crippen molar-refractivity contribution >= 4 is 16.8 Å². The molecule has 32 heavy (non-hydrogen) atoms. The highest BCUT2D eigenvalue weighted by Gasteiger charge is 2.22. The molecule has 0 radical (unpaired) electrons. The van der Waals surface area contributed by atoms with E-state index in [1.807, 2.05) is 36.4 Å². The zero-order valence-corrected chi connectivity index (χ0v) is 18.6. The summed E-state index contributed by atoms with van der Waals surface area (Å²) in [6.07, 6.45) is 5.85. The lowest BCUT2D eigenvalue weighted by molar-refractivity contribution is -0.121. The van der Waals surface area contributed by atoms with Gasteiger partial charge in [0, 0.05) is 54.3 Å². The molecular weight excluding hydrogens is 398 g/mol. The lowest BCUT2D eigenvalue weighted by Crippen LogP contribution is -2.27. The van der Waals surface area contributed by atoms with Crippen LogP contribution in [-0.4, -0.2) is 29.5 Å². The molecule has 1 atom stereocenters. The molecule has 0 spiro atoms. The number of methoxy groups -OCH3 is 1. The van der Waals surface area contributed by atoms with Gasteiger partial charge in [-0.2, -0.15) is 0 Å². The first-order chi connectivity index (χ1) is 15.7. The van der Waals surface area contributed by atoms with Crippen LogP contribution in [0.25, 0.3) is 10.9 Å². The average Bonchev–Trinajstić information content (AvgIpc) is 3.27. The Morgan fingerprint density at radius 2 is 2.00 bits per heavy atom. The van der Waals surface area contributed by atoms with Crippen molar-refractivity contribution in [1.82, 2.24) is 15.3 Å². The molecule has 2 N–H and O–H groups in total. The summed E-state index contributed by atoms with van der Waals surface area (Å²) in [6, 6.07) is 20.2. The minimum absolute atomic E-state index is 0.0229. The molecule has 2 heterocycles. The van der Waals surface area contributed by atoms with Crippen molar-refractivity contribution in [2.75, 3.05) is 13.7 Å². The SMILES string of the molecule is CCc1cccc2c([C@H](CC(=O)NCCc3ccccn3)c3cccc(OC)c3)c[nH]c12. The van der Waals surface area contributed by atoms with Gasteiger partial charge in [0.1, 0.15) is 5.75 Å². The highest BCUT2D eigenvalue weighted by atomic mass is 16.5. The van der Waals surface area contributed by atoms with Crippen LogP contribution in [0.4, 0.5) is 0 Å². The van der Waals surface area contributed by atoms with Gasteiger partial charge in [0.25, 0.3) is 0 Å². The van der Waals surface area contributed by atoms with E-state index in [0.29, 0.717) is 19.4 Å². The summed E-state index contributed by atoms with van der Waals surface area (Å²) in [6.45, 7) is 2.72. The van der Waals surface area contributed by atoms with E-state index in [-0.39, 0.29) is 11.8 Å². The third-order valence-corrected chi connectivity index (χ3v) is 5.91. The maximum atomic E-state index is 13.0. The lowest BCUT2D eigenvalue weighted by Gasteiger charge is -2.18. The number of carbonyl (C=O) groups excluding carboxylic acids is 1. The van der Waals surface area contributed by atoms with Crippen molar-refractivity contribution < 1.29 is 9.53 Å². The van der Waals surface area contributed by atoms with E-state index in [1.165, 1.54) is 10.9 Å². The van der Waals surface area contributed by atoms with Gasteiger partial charge in [-0.1, -0.05) is 43.3 Å². The number of amides is 1. The Morgan fingerprint density at radius 3 is 2.78 bits per heavy atom. The first kappa shape index (κ1) is 21.6. The summed E-state index contributed by atoms with van der Waals surface area (Å²) in [5, 5.41) is 4.24. The molecule has 0 aliphatic heterocycles. The number of benzene rings is 2. The Balaban J connectivity index is 1.59. The molecule has 4 aromatic rings. The number of fused-ring (bicyclic) bond motifs is 1. The number of para-hydroxylation sites is 1. The van der Waals surface area contributed by atoms with Crippen molar-refractivity contribution in [2.24, 2.45) is 0 Å². The number of ether oxygens (including phenoxy) is 1. The van der Waals surface area contributed by atoms with E-state index >= 15 is 0 Å². The highest BCUT2D eigenvalue weighted by molar-refractivity contribution is 5.88. The van der Waals surface area contributed by atoms with E-state index in [4.69, 9.17) is 4.74 Å². The predicted octanol–water partition coefficient (Wildman–Crippen LogP) is 5.01. The Kier molecular flexibility index (Phi) is 6.85. The molecule has 1 amide bonds. The monoisotopic (exact) mass is 427 g/mol. The zero-order chi connectivity index (χ0) is 22.3. The molecule has 5 nitrogen and oxygen atoms in total. The van der Waals surface area contributed by atoms with E-state index in [0.717, 1.165) is 34.5 Å². The molecule has 0 bridgehead atoms. The second-order valence-electron chi connectivity index (χ2n) is 7.89. The normalized spacial score (nSPS) is 11.9. The van der Waals surface area contributed by atoms with Crippen LogP contribution in [0.1, 0.15) is 41.6 Å². The van der Waals surface area contributed by atoms with Gasteiger partial charge in [0.15, 0.2) is 0 Å². The largest absolute Gasteiger partial charge is 0.497 e. The van der Waals surface area contributed by atoms with Crippen LogP contribution >= 0.6 is 0 Å². The number of nitrogens with one attached hydrogen (secondary N) is 2. The summed E-state index contributed by atoms with van der Waals surface area (Å²) in [7, 11) is 1.66. The molecule has 0 saturated carbocycles. The zero-order valence-electron chi connectivity index (χ0n) is 18.6. The molecule has 2 aromatic heterocycles. The third kappa shape index (κ3) is 4.83. The number of aromatic nitrogens is 2. The molecule has 0 unspecified atom stereocenters. The Hall–Kier alpha value is -3.60. The first-order valence-electron chi connectivity index (χ1n) is 11.1. The van der Waals surface area contributed by atoms with Crippen molar-refractivity contribution in [3.8, 4) is 5.75 Å². The smallest absolute Gasteiger partial charge is 0.220 e. The predicted molar refractivity (Wildman–Crippen MR) is 128 cm³/mol. The van der Waals surface area contributed by atoms with Gasteiger partial charge in [0.05, 0.1) is 7.11 Å². The first-order valence-corrected chi connectivity index (χ1v) is 11.1. The summed E-state index contributed by atoms with van der Waals surface area (Å²) in [5.74, 6) is 0.729. The van der Waals surface area contributed by atoms with Crippen LogP contribution < -0.4 is 10.1 Å². The Labute approximate surface area is 188 Å². The van der Waals surface area contributed by atoms with Gasteiger partial charge in [0.2, 0.25) is 5.91 Å². The second-order valence-corrected chi connectivity index (χ2v) is 7.89. The van der Waals surface area contributed by atoms with Crippen molar-refractivity contribution in [3.05, 3.63) is 95.4 Å². The van der Waals surface area contributed by atoms with Crippen molar-refractivity contribution in [3.63, 3.8) is 0 Å². The molecule has 5 heteroatoms. The molecule has 2 aromatic carbocycles. The quantitative estimate of drug-likeness (QED) is 0.394. The molecule has 0 aliphatic carbocycles. The van der Waals surface area contributed by atoms with Gasteiger partial charge in [-0.15, -0.1) is 0 Å². The number of rotatable bonds is 9. The maximum absolute atomic E-state index is 13.0. The van der Waals surface area contributed by atoms with Gasteiger partial charge in [-0.05, 0) is 47.4 Å². The van der Waals surface area contributed by atoms with Crippen LogP contribution in [0.2, 0.25) is 0 Å². The number of H-pyrrole nitrogens is 1. The fourth-order valence-corrected chi connectivity index (χ4v) is 4.22. The van der Waals surface area contributed by atoms with E-state index in [9.17, 15) is 4.79 Å². The fraction of sp³-hybridized carbons (Fsp3) is 0.259. The molecule has 4 rings (SSSR count). The number of hydrogen-bond donors (Lipinski definition) is 2. The van der Waals surface area contributed by atoms with Crippen LogP contribution in [0, 0.1) is 0 Å². The van der Waals surface area contributed by atoms with Crippen LogP contribution in [0.5, 0.6) is 5.75 Å². The Morgan fingerprint density at radius 1 is 1.12 bits per heavy atom. The van der Waals surface area contributed by atoms with E-state index < -0.39 is 0 Å². The minimum atomic E-state index is -0.0826. The van der Waals surface area contributed by atoms with Crippen molar-refractivity contribution in [1.29, 1.82) is 0 Å². The summed E-state index contributed by atoms with van der Waals surface area (Å²) in [4.78, 5) is 20.7. The molecule has 0 saturated heterocycles. The molecule has 0 fully saturated rings. The average molecular weight is 428 g/mol. The molecule has 164 valence electrons. The van der Waals surface area contributed by atoms with Gasteiger partial charge < -0.3 is 15.0 Å². The van der Waals surface area contributed by atoms with E-state index in [2.05, 4.69) is 52.7 Å². The number of aryl methyl sites for hydroxylation is 1. The lowest BCUT2D eigenvalue weighted by atomic mass is 9.87. The maximum Gasteiger partial charge on any atom is 0.220 e. The second kappa shape index (κ2) is 10.1. The highest BCUT2D eigenvalue weighted by Crippen LogP contribution is 2.35. The van der Waals surface area contributed by atoms with Gasteiger partial charge in [-0.25, -0.2) is 0 Å². The van der Waals surface area contributed by atoms with Gasteiger partial charge in [-0.3, -0.25) is 9.78 Å². The number of carbonyl (C=O) groups is 1. The third-order valence-electron chi connectivity index (χ3n) is 5.91. The van der Waals surface area contributed by atoms with Gasteiger partial charge >= 0.3 is 0 Å². The van der Waals surface area contributed by atoms with E-state index in [1.54, 1.807) is 13.3 Å². The standard InChI is InChI=1S/C27H29N3O2/c1-3-19-8-7-12-23-25(18-30-27(19)23)24(20-9-6-11-22(16-20)32-2)17-26(31)29-15-13-21-10-4-5-14-28-21/h4-12,14,16,18,24,30H,3,13,15,17H2,1-2H3,(H,29,31)/t24-/m1/s1. The minimum Gasteiger partial charge on any atom is -0.497 e. The Bertz CT molecular complexity index is 1180. The summed E-state index contributed by atoms with van der Waals surface area (Å²) < 4.78 is 5.45. The number of hydrogen-bond acceptors (Lipinski definition) is 3. The number of pyridine rings is 1. The van der Waals surface area contributed by atoms with Crippen LogP contribution in [0.15, 0.2) is 73.1 Å². The van der Waals surface area contributed by atoms with Crippen LogP contribution in [-0.2, 0) is 17.6 Å². The van der Waals surface area contributed by atoms with Crippen molar-refractivity contribution in [2.45, 2.75) is 32.1 Å². The topological polar surface area (TPSA) is 67.0 Å². The molecular formula is C27H29N3O2. The fourth-order valence-electron chi connectivity index (χ4n) is 4.22. The summed E-state index contributed by atoms with van der Waals surface area (Å²) in [5.41, 5.74) is 5.59. The summed E-state index contributed by atoms with van der Waals surface area (Å²) >= 11 is 0. The molecule has 0 aliphatic rings. The number of aromatic amines is 1. The van der Waals surface area contributed by atoms with Crippen LogP contribution in [0.3, 0.4) is 0 Å².